The molecule has 0 amide bonds. The highest BCUT2D eigenvalue weighted by molar-refractivity contribution is 6.17. The lowest BCUT2D eigenvalue weighted by Gasteiger charge is -2.37. The lowest BCUT2D eigenvalue weighted by molar-refractivity contribution is 0.451. The van der Waals surface area contributed by atoms with Gasteiger partial charge in [0.1, 0.15) is 17.3 Å². The van der Waals surface area contributed by atoms with Crippen molar-refractivity contribution in [3.63, 3.8) is 0 Å². The minimum atomic E-state index is -0.565. The molecule has 0 N–H and O–H groups in total. The number of anilines is 1. The van der Waals surface area contributed by atoms with Crippen LogP contribution in [-0.2, 0) is 5.88 Å². The molecule has 0 unspecified atom stereocenters. The normalized spacial score (nSPS) is 11.7. The lowest BCUT2D eigenvalue weighted by Crippen LogP contribution is -2.41. The number of alkyl halides is 1. The molecule has 1 aromatic rings. The quantitative estimate of drug-likeness (QED) is 0.730. The van der Waals surface area contributed by atoms with Crippen molar-refractivity contribution in [1.82, 2.24) is 0 Å². The molecule has 0 heterocycles. The van der Waals surface area contributed by atoms with Crippen molar-refractivity contribution < 1.29 is 8.78 Å². The Bertz CT molecular complexity index is 381. The van der Waals surface area contributed by atoms with Crippen LogP contribution in [0.4, 0.5) is 14.5 Å². The summed E-state index contributed by atoms with van der Waals surface area (Å²) in [6, 6.07) is 2.57. The van der Waals surface area contributed by atoms with Crippen molar-refractivity contribution in [3.05, 3.63) is 29.3 Å². The van der Waals surface area contributed by atoms with Crippen LogP contribution >= 0.6 is 11.6 Å². The molecule has 4 heteroatoms. The van der Waals surface area contributed by atoms with Gasteiger partial charge in [0.25, 0.3) is 0 Å². The summed E-state index contributed by atoms with van der Waals surface area (Å²) in [5.74, 6) is -1.02. The van der Waals surface area contributed by atoms with Crippen molar-refractivity contribution in [1.29, 1.82) is 0 Å². The van der Waals surface area contributed by atoms with Gasteiger partial charge in [-0.1, -0.05) is 6.92 Å². The van der Waals surface area contributed by atoms with Crippen molar-refractivity contribution >= 4 is 17.3 Å². The van der Waals surface area contributed by atoms with Gasteiger partial charge in [-0.25, -0.2) is 8.78 Å². The first-order valence-electron chi connectivity index (χ1n) is 5.61. The third-order valence-electron chi connectivity index (χ3n) is 3.34. The van der Waals surface area contributed by atoms with E-state index < -0.39 is 11.6 Å². The second-order valence-corrected chi connectivity index (χ2v) is 5.03. The molecule has 0 fully saturated rings. The van der Waals surface area contributed by atoms with Gasteiger partial charge in [0.15, 0.2) is 0 Å². The summed E-state index contributed by atoms with van der Waals surface area (Å²) in [4.78, 5) is 1.63. The number of hydrogen-bond donors (Lipinski definition) is 0. The Labute approximate surface area is 106 Å². The fourth-order valence-electron chi connectivity index (χ4n) is 1.56. The Morgan fingerprint density at radius 2 is 1.71 bits per heavy atom. The standard InChI is InChI=1S/C13H18ClF2N/c1-5-13(2,3)17(4)12-10(15)6-9(8-14)7-11(12)16/h6-7H,5,8H2,1-4H3. The van der Waals surface area contributed by atoms with Crippen LogP contribution in [0.15, 0.2) is 12.1 Å². The largest absolute Gasteiger partial charge is 0.365 e. The van der Waals surface area contributed by atoms with Gasteiger partial charge in [-0.15, -0.1) is 11.6 Å². The van der Waals surface area contributed by atoms with E-state index in [1.807, 2.05) is 20.8 Å². The van der Waals surface area contributed by atoms with Crippen molar-refractivity contribution in [3.8, 4) is 0 Å². The van der Waals surface area contributed by atoms with Gasteiger partial charge in [0.05, 0.1) is 0 Å². The minimum absolute atomic E-state index is 0.00529. The fourth-order valence-corrected chi connectivity index (χ4v) is 1.71. The van der Waals surface area contributed by atoms with E-state index in [1.54, 1.807) is 11.9 Å². The smallest absolute Gasteiger partial charge is 0.149 e. The van der Waals surface area contributed by atoms with Crippen LogP contribution in [0, 0.1) is 11.6 Å². The van der Waals surface area contributed by atoms with Crippen LogP contribution in [0.25, 0.3) is 0 Å². The first-order valence-corrected chi connectivity index (χ1v) is 6.14. The predicted molar refractivity (Wildman–Crippen MR) is 68.7 cm³/mol. The molecule has 0 aliphatic rings. The molecule has 1 aromatic carbocycles. The molecule has 1 nitrogen and oxygen atoms in total. The van der Waals surface area contributed by atoms with Crippen LogP contribution in [0.3, 0.4) is 0 Å². The Morgan fingerprint density at radius 3 is 2.06 bits per heavy atom. The molecule has 0 spiro atoms. The molecule has 0 saturated heterocycles. The van der Waals surface area contributed by atoms with Crippen LogP contribution in [-0.4, -0.2) is 12.6 Å². The third-order valence-corrected chi connectivity index (χ3v) is 3.65. The molecule has 0 aliphatic heterocycles. The molecule has 0 saturated carbocycles. The average molecular weight is 262 g/mol. The van der Waals surface area contributed by atoms with Gasteiger partial charge < -0.3 is 4.90 Å². The maximum atomic E-state index is 13.9. The number of rotatable bonds is 4. The fraction of sp³-hybridized carbons (Fsp3) is 0.538. The highest BCUT2D eigenvalue weighted by Gasteiger charge is 2.26. The lowest BCUT2D eigenvalue weighted by atomic mass is 9.98. The molecular weight excluding hydrogens is 244 g/mol. The molecule has 17 heavy (non-hydrogen) atoms. The van der Waals surface area contributed by atoms with Crippen molar-refractivity contribution in [2.45, 2.75) is 38.6 Å². The zero-order chi connectivity index (χ0) is 13.2. The van der Waals surface area contributed by atoms with E-state index in [1.165, 1.54) is 12.1 Å². The Balaban J connectivity index is 3.23. The predicted octanol–water partition coefficient (Wildman–Crippen LogP) is 4.33. The summed E-state index contributed by atoms with van der Waals surface area (Å²) >= 11 is 5.57. The van der Waals surface area contributed by atoms with Gasteiger partial charge in [0.2, 0.25) is 0 Å². The van der Waals surface area contributed by atoms with E-state index in [0.717, 1.165) is 6.42 Å². The van der Waals surface area contributed by atoms with E-state index in [9.17, 15) is 8.78 Å². The molecule has 0 bridgehead atoms. The number of nitrogens with zero attached hydrogens (tertiary/aromatic N) is 1. The average Bonchev–Trinajstić information content (AvgIpc) is 2.27. The highest BCUT2D eigenvalue weighted by atomic mass is 35.5. The van der Waals surface area contributed by atoms with E-state index in [0.29, 0.717) is 5.56 Å². The Hall–Kier alpha value is -0.830. The molecule has 0 aliphatic carbocycles. The van der Waals surface area contributed by atoms with E-state index >= 15 is 0 Å². The summed E-state index contributed by atoms with van der Waals surface area (Å²) in [5, 5.41) is 0. The molecule has 0 aromatic heterocycles. The summed E-state index contributed by atoms with van der Waals surface area (Å²) < 4.78 is 27.7. The number of halogens is 3. The molecule has 1 rings (SSSR count). The summed E-state index contributed by atoms with van der Waals surface area (Å²) in [5.41, 5.74) is 0.156. The topological polar surface area (TPSA) is 3.24 Å². The maximum absolute atomic E-state index is 13.9. The molecular formula is C13H18ClF2N. The maximum Gasteiger partial charge on any atom is 0.149 e. The van der Waals surface area contributed by atoms with Gasteiger partial charge in [0, 0.05) is 18.5 Å². The SMILES string of the molecule is CCC(C)(C)N(C)c1c(F)cc(CCl)cc1F. The monoisotopic (exact) mass is 261 g/mol. The highest BCUT2D eigenvalue weighted by Crippen LogP contribution is 2.30. The first-order chi connectivity index (χ1) is 7.83. The molecule has 0 radical (unpaired) electrons. The zero-order valence-corrected chi connectivity index (χ0v) is 11.4. The van der Waals surface area contributed by atoms with Crippen molar-refractivity contribution in [2.75, 3.05) is 11.9 Å². The summed E-state index contributed by atoms with van der Waals surface area (Å²) in [7, 11) is 1.70. The van der Waals surface area contributed by atoms with Gasteiger partial charge in [-0.3, -0.25) is 0 Å². The second-order valence-electron chi connectivity index (χ2n) is 4.77. The minimum Gasteiger partial charge on any atom is -0.365 e. The molecule has 96 valence electrons. The number of benzene rings is 1. The van der Waals surface area contributed by atoms with Gasteiger partial charge in [-0.2, -0.15) is 0 Å². The van der Waals surface area contributed by atoms with Crippen molar-refractivity contribution in [2.24, 2.45) is 0 Å². The van der Waals surface area contributed by atoms with Crippen LogP contribution in [0.1, 0.15) is 32.8 Å². The van der Waals surface area contributed by atoms with Gasteiger partial charge in [-0.05, 0) is 38.0 Å². The van der Waals surface area contributed by atoms with E-state index in [-0.39, 0.29) is 17.1 Å². The van der Waals surface area contributed by atoms with E-state index in [4.69, 9.17) is 11.6 Å². The zero-order valence-electron chi connectivity index (χ0n) is 10.7. The van der Waals surface area contributed by atoms with Crippen LogP contribution < -0.4 is 4.90 Å². The van der Waals surface area contributed by atoms with E-state index in [2.05, 4.69) is 0 Å². The van der Waals surface area contributed by atoms with Crippen LogP contribution in [0.2, 0.25) is 0 Å². The summed E-state index contributed by atoms with van der Waals surface area (Å²) in [6.45, 7) is 5.88. The second kappa shape index (κ2) is 5.21. The third kappa shape index (κ3) is 2.89. The Morgan fingerprint density at radius 1 is 1.24 bits per heavy atom. The Kier molecular flexibility index (Phi) is 4.36. The molecule has 0 atom stereocenters. The summed E-state index contributed by atoms with van der Waals surface area (Å²) in [6.07, 6.45) is 0.791. The van der Waals surface area contributed by atoms with Crippen LogP contribution in [0.5, 0.6) is 0 Å². The first kappa shape index (κ1) is 14.2. The van der Waals surface area contributed by atoms with Gasteiger partial charge >= 0.3 is 0 Å². The number of hydrogen-bond acceptors (Lipinski definition) is 1.